The predicted octanol–water partition coefficient (Wildman–Crippen LogP) is 2.83. The number of carbonyl (C=O) groups is 2. The highest BCUT2D eigenvalue weighted by molar-refractivity contribution is 7.16. The summed E-state index contributed by atoms with van der Waals surface area (Å²) >= 11 is 1.37. The summed E-state index contributed by atoms with van der Waals surface area (Å²) in [5, 5.41) is 0.810. The van der Waals surface area contributed by atoms with E-state index >= 15 is 0 Å². The lowest BCUT2D eigenvalue weighted by molar-refractivity contribution is -0.146. The van der Waals surface area contributed by atoms with Gasteiger partial charge >= 0.3 is 0 Å². The lowest BCUT2D eigenvalue weighted by atomic mass is 9.97. The van der Waals surface area contributed by atoms with Gasteiger partial charge in [0, 0.05) is 31.6 Å². The highest BCUT2D eigenvalue weighted by Crippen LogP contribution is 2.33. The molecule has 7 heteroatoms. The predicted molar refractivity (Wildman–Crippen MR) is 104 cm³/mol. The fraction of sp³-hybridized carbons (Fsp3) is 0.450. The first-order valence-electron chi connectivity index (χ1n) is 9.25. The molecule has 0 bridgehead atoms. The number of aromatic nitrogens is 1. The number of carbonyl (C=O) groups excluding carboxylic acids is 2. The normalized spacial score (nSPS) is 18.4. The van der Waals surface area contributed by atoms with Crippen LogP contribution in [0.25, 0.3) is 10.6 Å². The Hall–Kier alpha value is -2.41. The van der Waals surface area contributed by atoms with E-state index in [1.165, 1.54) is 16.9 Å². The van der Waals surface area contributed by atoms with E-state index in [2.05, 4.69) is 11.1 Å². The molecule has 2 aliphatic heterocycles. The number of amides is 2. The molecule has 0 spiro atoms. The van der Waals surface area contributed by atoms with Crippen LogP contribution in [0.15, 0.2) is 24.4 Å². The number of nitrogens with zero attached hydrogens (tertiary/aromatic N) is 3. The second kappa shape index (κ2) is 6.64. The van der Waals surface area contributed by atoms with Crippen molar-refractivity contribution < 1.29 is 14.3 Å². The van der Waals surface area contributed by atoms with Crippen molar-refractivity contribution >= 4 is 23.2 Å². The molecule has 1 aromatic carbocycles. The van der Waals surface area contributed by atoms with Gasteiger partial charge in [0.05, 0.1) is 12.8 Å². The van der Waals surface area contributed by atoms with E-state index in [0.717, 1.165) is 22.7 Å². The number of hydrogen-bond donors (Lipinski definition) is 0. The first kappa shape index (κ1) is 18.0. The van der Waals surface area contributed by atoms with Crippen LogP contribution < -0.4 is 4.74 Å². The number of fused-ring (bicyclic) bond motifs is 1. The molecular formula is C20H23N3O3S. The molecule has 1 saturated heterocycles. The van der Waals surface area contributed by atoms with Crippen LogP contribution in [0, 0.1) is 0 Å². The number of likely N-dealkylation sites (N-methyl/N-ethyl adjacent to an activating group) is 1. The van der Waals surface area contributed by atoms with E-state index < -0.39 is 5.54 Å². The highest BCUT2D eigenvalue weighted by atomic mass is 32.1. The lowest BCUT2D eigenvalue weighted by Gasteiger charge is -2.45. The van der Waals surface area contributed by atoms with E-state index in [1.54, 1.807) is 16.0 Å². The van der Waals surface area contributed by atoms with E-state index in [-0.39, 0.29) is 11.8 Å². The van der Waals surface area contributed by atoms with Crippen molar-refractivity contribution in [1.29, 1.82) is 0 Å². The van der Waals surface area contributed by atoms with Crippen LogP contribution >= 0.6 is 11.3 Å². The molecule has 3 heterocycles. The van der Waals surface area contributed by atoms with Gasteiger partial charge in [-0.3, -0.25) is 9.59 Å². The maximum atomic E-state index is 13.1. The van der Waals surface area contributed by atoms with Crippen molar-refractivity contribution in [2.75, 3.05) is 26.2 Å². The molecule has 0 atom stereocenters. The lowest BCUT2D eigenvalue weighted by Crippen LogP contribution is -2.64. The van der Waals surface area contributed by atoms with Crippen LogP contribution in [-0.4, -0.2) is 58.4 Å². The minimum absolute atomic E-state index is 0.00652. The average molecular weight is 385 g/mol. The first-order chi connectivity index (χ1) is 12.9. The molecule has 1 fully saturated rings. The second-order valence-corrected chi connectivity index (χ2v) is 8.38. The Kier molecular flexibility index (Phi) is 4.42. The standard InChI is InChI=1S/C20H23N3O3S/c1-4-22-8-9-23(20(2,3)19(22)25)18(24)16-12-21-17(27-16)14-5-6-15-13(11-14)7-10-26-15/h5-6,11-12H,4,7-10H2,1-3H3. The largest absolute Gasteiger partial charge is 0.493 e. The van der Waals surface area contributed by atoms with Gasteiger partial charge in [0.15, 0.2) is 0 Å². The molecular weight excluding hydrogens is 362 g/mol. The van der Waals surface area contributed by atoms with Gasteiger partial charge in [-0.1, -0.05) is 0 Å². The Labute approximate surface area is 162 Å². The minimum Gasteiger partial charge on any atom is -0.493 e. The van der Waals surface area contributed by atoms with Gasteiger partial charge in [-0.15, -0.1) is 11.3 Å². The van der Waals surface area contributed by atoms with Crippen LogP contribution in [0.2, 0.25) is 0 Å². The molecule has 2 aromatic rings. The summed E-state index contributed by atoms with van der Waals surface area (Å²) in [6, 6.07) is 6.03. The molecule has 2 aliphatic rings. The van der Waals surface area contributed by atoms with Gasteiger partial charge in [0.2, 0.25) is 5.91 Å². The molecule has 1 aromatic heterocycles. The number of ether oxygens (including phenoxy) is 1. The van der Waals surface area contributed by atoms with Crippen molar-refractivity contribution in [3.8, 4) is 16.3 Å². The molecule has 0 aliphatic carbocycles. The molecule has 27 heavy (non-hydrogen) atoms. The van der Waals surface area contributed by atoms with Crippen LogP contribution in [0.4, 0.5) is 0 Å². The highest BCUT2D eigenvalue weighted by Gasteiger charge is 2.44. The molecule has 4 rings (SSSR count). The molecule has 0 saturated carbocycles. The summed E-state index contributed by atoms with van der Waals surface area (Å²) < 4.78 is 5.55. The number of rotatable bonds is 3. The Morgan fingerprint density at radius 2 is 2.15 bits per heavy atom. The topological polar surface area (TPSA) is 62.7 Å². The minimum atomic E-state index is -0.847. The summed E-state index contributed by atoms with van der Waals surface area (Å²) in [7, 11) is 0. The SMILES string of the molecule is CCN1CCN(C(=O)c2cnc(-c3ccc4c(c3)CCO4)s2)C(C)(C)C1=O. The van der Waals surface area contributed by atoms with Gasteiger partial charge in [0.1, 0.15) is 21.2 Å². The maximum Gasteiger partial charge on any atom is 0.266 e. The Morgan fingerprint density at radius 3 is 2.93 bits per heavy atom. The van der Waals surface area contributed by atoms with Gasteiger partial charge < -0.3 is 14.5 Å². The second-order valence-electron chi connectivity index (χ2n) is 7.35. The number of thiazole rings is 1. The summed E-state index contributed by atoms with van der Waals surface area (Å²) in [6.45, 7) is 8.08. The van der Waals surface area contributed by atoms with Crippen molar-refractivity contribution in [3.05, 3.63) is 34.8 Å². The zero-order valence-electron chi connectivity index (χ0n) is 15.8. The molecule has 0 N–H and O–H groups in total. The molecule has 142 valence electrons. The monoisotopic (exact) mass is 385 g/mol. The van der Waals surface area contributed by atoms with E-state index in [9.17, 15) is 9.59 Å². The Balaban J connectivity index is 1.58. The smallest absolute Gasteiger partial charge is 0.266 e. The van der Waals surface area contributed by atoms with Crippen molar-refractivity contribution in [2.24, 2.45) is 0 Å². The summed E-state index contributed by atoms with van der Waals surface area (Å²) in [5.41, 5.74) is 1.33. The van der Waals surface area contributed by atoms with Crippen LogP contribution in [0.3, 0.4) is 0 Å². The van der Waals surface area contributed by atoms with E-state index in [4.69, 9.17) is 4.74 Å². The zero-order valence-corrected chi connectivity index (χ0v) is 16.6. The fourth-order valence-corrected chi connectivity index (χ4v) is 4.58. The zero-order chi connectivity index (χ0) is 19.2. The fourth-order valence-electron chi connectivity index (χ4n) is 3.72. The molecule has 0 radical (unpaired) electrons. The van der Waals surface area contributed by atoms with Crippen molar-refractivity contribution in [1.82, 2.24) is 14.8 Å². The van der Waals surface area contributed by atoms with Crippen LogP contribution in [-0.2, 0) is 11.2 Å². The Morgan fingerprint density at radius 1 is 1.33 bits per heavy atom. The molecule has 0 unspecified atom stereocenters. The maximum absolute atomic E-state index is 13.1. The Bertz CT molecular complexity index is 906. The van der Waals surface area contributed by atoms with Gasteiger partial charge in [-0.2, -0.15) is 0 Å². The van der Waals surface area contributed by atoms with E-state index in [1.807, 2.05) is 32.9 Å². The van der Waals surface area contributed by atoms with Crippen molar-refractivity contribution in [2.45, 2.75) is 32.7 Å². The molecule has 6 nitrogen and oxygen atoms in total. The summed E-state index contributed by atoms with van der Waals surface area (Å²) in [4.78, 5) is 34.3. The van der Waals surface area contributed by atoms with Crippen LogP contribution in [0.5, 0.6) is 5.75 Å². The van der Waals surface area contributed by atoms with Crippen LogP contribution in [0.1, 0.15) is 36.0 Å². The quantitative estimate of drug-likeness (QED) is 0.815. The average Bonchev–Trinajstić information content (AvgIpc) is 3.32. The number of piperazine rings is 1. The third-order valence-electron chi connectivity index (χ3n) is 5.36. The van der Waals surface area contributed by atoms with Crippen molar-refractivity contribution in [3.63, 3.8) is 0 Å². The number of benzene rings is 1. The van der Waals surface area contributed by atoms with Gasteiger partial charge in [0.25, 0.3) is 5.91 Å². The van der Waals surface area contributed by atoms with E-state index in [0.29, 0.717) is 31.1 Å². The summed E-state index contributed by atoms with van der Waals surface area (Å²) in [5.74, 6) is 0.797. The summed E-state index contributed by atoms with van der Waals surface area (Å²) in [6.07, 6.45) is 2.52. The molecule has 2 amide bonds. The first-order valence-corrected chi connectivity index (χ1v) is 10.1. The van der Waals surface area contributed by atoms with Gasteiger partial charge in [-0.05, 0) is 44.5 Å². The number of hydrogen-bond acceptors (Lipinski definition) is 5. The third kappa shape index (κ3) is 3.00. The third-order valence-corrected chi connectivity index (χ3v) is 6.39. The van der Waals surface area contributed by atoms with Gasteiger partial charge in [-0.25, -0.2) is 4.98 Å².